The molecule has 0 saturated carbocycles. The summed E-state index contributed by atoms with van der Waals surface area (Å²) in [6.45, 7) is 7.52. The van der Waals surface area contributed by atoms with Crippen molar-refractivity contribution in [2.75, 3.05) is 11.1 Å². The molecule has 3 aromatic heterocycles. The average Bonchev–Trinajstić information content (AvgIpc) is 3.28. The predicted octanol–water partition coefficient (Wildman–Crippen LogP) is 4.43. The average molecular weight is 476 g/mol. The standard InChI is InChI=1S/C24H22FN7OS/c1-14-11-15(2)32(30-14)21-9-10-23(29-28-21)34-13-22(33)27-24-20(12-26)16(3)17(4)31(24)19-7-5-18(25)6-8-19/h5-11H,13H2,1-4H3,(H,27,33). The number of nitriles is 1. The molecular weight excluding hydrogens is 453 g/mol. The fourth-order valence-corrected chi connectivity index (χ4v) is 4.26. The third kappa shape index (κ3) is 4.56. The Kier molecular flexibility index (Phi) is 6.47. The molecule has 0 aliphatic rings. The van der Waals surface area contributed by atoms with E-state index in [9.17, 15) is 14.4 Å². The Labute approximate surface area is 200 Å². The maximum atomic E-state index is 13.4. The van der Waals surface area contributed by atoms with Crippen molar-refractivity contribution in [3.05, 3.63) is 76.5 Å². The molecule has 0 unspecified atom stereocenters. The summed E-state index contributed by atoms with van der Waals surface area (Å²) in [5, 5.41) is 25.9. The van der Waals surface area contributed by atoms with Crippen LogP contribution in [-0.4, -0.2) is 36.2 Å². The lowest BCUT2D eigenvalue weighted by Gasteiger charge is -2.13. The van der Waals surface area contributed by atoms with Gasteiger partial charge >= 0.3 is 0 Å². The summed E-state index contributed by atoms with van der Waals surface area (Å²) < 4.78 is 16.9. The monoisotopic (exact) mass is 475 g/mol. The van der Waals surface area contributed by atoms with E-state index in [1.54, 1.807) is 33.5 Å². The fraction of sp³-hybridized carbons (Fsp3) is 0.208. The quantitative estimate of drug-likeness (QED) is 0.414. The number of hydrogen-bond donors (Lipinski definition) is 1. The fourth-order valence-electron chi connectivity index (χ4n) is 3.65. The number of carbonyl (C=O) groups excluding carboxylic acids is 1. The first-order valence-electron chi connectivity index (χ1n) is 10.5. The van der Waals surface area contributed by atoms with Gasteiger partial charge in [-0.2, -0.15) is 10.4 Å². The molecule has 3 heterocycles. The highest BCUT2D eigenvalue weighted by atomic mass is 32.2. The zero-order chi connectivity index (χ0) is 24.4. The van der Waals surface area contributed by atoms with Gasteiger partial charge in [-0.1, -0.05) is 11.8 Å². The van der Waals surface area contributed by atoms with E-state index < -0.39 is 0 Å². The third-order valence-electron chi connectivity index (χ3n) is 5.37. The molecule has 0 radical (unpaired) electrons. The molecule has 0 spiro atoms. The molecule has 10 heteroatoms. The maximum absolute atomic E-state index is 13.4. The van der Waals surface area contributed by atoms with E-state index in [1.807, 2.05) is 33.8 Å². The van der Waals surface area contributed by atoms with Gasteiger partial charge in [-0.25, -0.2) is 9.07 Å². The van der Waals surface area contributed by atoms with Gasteiger partial charge in [0.25, 0.3) is 0 Å². The van der Waals surface area contributed by atoms with Crippen molar-refractivity contribution in [1.29, 1.82) is 5.26 Å². The molecule has 34 heavy (non-hydrogen) atoms. The smallest absolute Gasteiger partial charge is 0.235 e. The van der Waals surface area contributed by atoms with Crippen LogP contribution in [0.5, 0.6) is 0 Å². The number of hydrogen-bond acceptors (Lipinski definition) is 6. The van der Waals surface area contributed by atoms with Gasteiger partial charge in [0.05, 0.1) is 17.0 Å². The molecule has 1 N–H and O–H groups in total. The van der Waals surface area contributed by atoms with Crippen LogP contribution < -0.4 is 5.32 Å². The van der Waals surface area contributed by atoms with Crippen LogP contribution in [-0.2, 0) is 4.79 Å². The molecule has 8 nitrogen and oxygen atoms in total. The van der Waals surface area contributed by atoms with Crippen LogP contribution >= 0.6 is 11.8 Å². The van der Waals surface area contributed by atoms with Gasteiger partial charge in [-0.05, 0) is 75.7 Å². The Morgan fingerprint density at radius 1 is 1.12 bits per heavy atom. The second-order valence-corrected chi connectivity index (χ2v) is 8.76. The predicted molar refractivity (Wildman–Crippen MR) is 128 cm³/mol. The molecule has 4 rings (SSSR count). The van der Waals surface area contributed by atoms with Crippen molar-refractivity contribution in [3.8, 4) is 17.6 Å². The Balaban J connectivity index is 1.50. The number of thioether (sulfide) groups is 1. The molecular formula is C24H22FN7OS. The van der Waals surface area contributed by atoms with Gasteiger partial charge in [0.2, 0.25) is 5.91 Å². The number of anilines is 1. The SMILES string of the molecule is Cc1cc(C)n(-c2ccc(SCC(=O)Nc3c(C#N)c(C)c(C)n3-c3ccc(F)cc3)nn2)n1. The van der Waals surface area contributed by atoms with Crippen molar-refractivity contribution >= 4 is 23.5 Å². The summed E-state index contributed by atoms with van der Waals surface area (Å²) >= 11 is 1.23. The van der Waals surface area contributed by atoms with Gasteiger partial charge in [-0.15, -0.1) is 10.2 Å². The molecule has 0 saturated heterocycles. The molecule has 1 amide bonds. The van der Waals surface area contributed by atoms with E-state index in [2.05, 4.69) is 26.7 Å². The van der Waals surface area contributed by atoms with Crippen LogP contribution in [0.2, 0.25) is 0 Å². The van der Waals surface area contributed by atoms with Crippen molar-refractivity contribution < 1.29 is 9.18 Å². The van der Waals surface area contributed by atoms with Crippen LogP contribution in [0.3, 0.4) is 0 Å². The number of aromatic nitrogens is 5. The van der Waals surface area contributed by atoms with Gasteiger partial charge in [0.1, 0.15) is 22.7 Å². The van der Waals surface area contributed by atoms with Crippen molar-refractivity contribution in [2.24, 2.45) is 0 Å². The summed E-state index contributed by atoms with van der Waals surface area (Å²) in [7, 11) is 0. The normalized spacial score (nSPS) is 10.8. The van der Waals surface area contributed by atoms with E-state index in [4.69, 9.17) is 0 Å². The van der Waals surface area contributed by atoms with Crippen LogP contribution in [0, 0.1) is 44.8 Å². The minimum atomic E-state index is -0.363. The van der Waals surface area contributed by atoms with Gasteiger partial charge in [0, 0.05) is 17.1 Å². The van der Waals surface area contributed by atoms with E-state index in [-0.39, 0.29) is 17.5 Å². The van der Waals surface area contributed by atoms with Crippen molar-refractivity contribution in [3.63, 3.8) is 0 Å². The first kappa shape index (κ1) is 23.2. The number of benzene rings is 1. The molecule has 0 atom stereocenters. The minimum Gasteiger partial charge on any atom is -0.310 e. The van der Waals surface area contributed by atoms with E-state index >= 15 is 0 Å². The molecule has 0 fully saturated rings. The van der Waals surface area contributed by atoms with Gasteiger partial charge in [0.15, 0.2) is 5.82 Å². The van der Waals surface area contributed by atoms with E-state index in [1.165, 1.54) is 23.9 Å². The first-order valence-corrected chi connectivity index (χ1v) is 11.4. The zero-order valence-electron chi connectivity index (χ0n) is 19.1. The molecule has 0 aliphatic heterocycles. The van der Waals surface area contributed by atoms with E-state index in [0.29, 0.717) is 27.9 Å². The number of amides is 1. The second-order valence-electron chi connectivity index (χ2n) is 7.76. The van der Waals surface area contributed by atoms with Crippen LogP contribution in [0.4, 0.5) is 10.2 Å². The Hall–Kier alpha value is -3.97. The summed E-state index contributed by atoms with van der Waals surface area (Å²) in [5.41, 5.74) is 4.40. The first-order chi connectivity index (χ1) is 16.3. The van der Waals surface area contributed by atoms with Crippen molar-refractivity contribution in [2.45, 2.75) is 32.7 Å². The van der Waals surface area contributed by atoms with Crippen LogP contribution in [0.1, 0.15) is 28.2 Å². The highest BCUT2D eigenvalue weighted by Crippen LogP contribution is 2.30. The van der Waals surface area contributed by atoms with Crippen molar-refractivity contribution in [1.82, 2.24) is 24.5 Å². The van der Waals surface area contributed by atoms with Gasteiger partial charge in [-0.3, -0.25) is 9.36 Å². The summed E-state index contributed by atoms with van der Waals surface area (Å²) in [6.07, 6.45) is 0. The molecule has 4 aromatic rings. The summed E-state index contributed by atoms with van der Waals surface area (Å²) in [5.74, 6) is 0.372. The lowest BCUT2D eigenvalue weighted by molar-refractivity contribution is -0.113. The Morgan fingerprint density at radius 3 is 2.44 bits per heavy atom. The zero-order valence-corrected chi connectivity index (χ0v) is 19.9. The Morgan fingerprint density at radius 2 is 1.85 bits per heavy atom. The van der Waals surface area contributed by atoms with Crippen LogP contribution in [0.25, 0.3) is 11.5 Å². The highest BCUT2D eigenvalue weighted by molar-refractivity contribution is 7.99. The molecule has 172 valence electrons. The summed E-state index contributed by atoms with van der Waals surface area (Å²) in [4.78, 5) is 12.8. The number of rotatable bonds is 6. The number of aryl methyl sites for hydroxylation is 2. The molecule has 1 aromatic carbocycles. The maximum Gasteiger partial charge on any atom is 0.235 e. The lowest BCUT2D eigenvalue weighted by atomic mass is 10.2. The summed E-state index contributed by atoms with van der Waals surface area (Å²) in [6, 6.07) is 13.6. The largest absolute Gasteiger partial charge is 0.310 e. The second kappa shape index (κ2) is 9.49. The molecule has 0 bridgehead atoms. The number of nitrogens with one attached hydrogen (secondary N) is 1. The Bertz CT molecular complexity index is 1400. The minimum absolute atomic E-state index is 0.0749. The van der Waals surface area contributed by atoms with Gasteiger partial charge < -0.3 is 5.32 Å². The highest BCUT2D eigenvalue weighted by Gasteiger charge is 2.21. The number of carbonyl (C=O) groups is 1. The number of halogens is 1. The topological polar surface area (TPSA) is 101 Å². The number of nitrogens with zero attached hydrogens (tertiary/aromatic N) is 6. The van der Waals surface area contributed by atoms with Crippen LogP contribution in [0.15, 0.2) is 47.5 Å². The van der Waals surface area contributed by atoms with E-state index in [0.717, 1.165) is 22.6 Å². The lowest BCUT2D eigenvalue weighted by Crippen LogP contribution is -2.18. The third-order valence-corrected chi connectivity index (χ3v) is 6.29. The molecule has 0 aliphatic carbocycles.